The second-order valence-corrected chi connectivity index (χ2v) is 20.4. The van der Waals surface area contributed by atoms with Gasteiger partial charge in [0.25, 0.3) is 0 Å². The molecule has 0 saturated heterocycles. The van der Waals surface area contributed by atoms with Crippen molar-refractivity contribution in [2.75, 3.05) is 16.5 Å². The van der Waals surface area contributed by atoms with Gasteiger partial charge < -0.3 is 14.5 Å². The molecule has 0 fully saturated rings. The van der Waals surface area contributed by atoms with E-state index in [4.69, 9.17) is 9.72 Å². The number of allylic oxidation sites excluding steroid dienone is 2. The van der Waals surface area contributed by atoms with Crippen molar-refractivity contribution in [3.8, 4) is 17.3 Å². The Kier molecular flexibility index (Phi) is 10.0. The molecule has 60 heavy (non-hydrogen) atoms. The molecule has 5 heteroatoms. The van der Waals surface area contributed by atoms with Crippen LogP contribution in [0.4, 0.5) is 11.4 Å². The number of nitrogens with zero attached hydrogens (tertiary/aromatic N) is 4. The Morgan fingerprint density at radius 3 is 1.75 bits per heavy atom. The smallest absolute Gasteiger partial charge is 0.137 e. The molecule has 7 aromatic rings. The van der Waals surface area contributed by atoms with Crippen molar-refractivity contribution < 1.29 is 4.74 Å². The Balaban J connectivity index is 1.17. The number of hydrogen-bond donors (Lipinski definition) is 0. The van der Waals surface area contributed by atoms with E-state index in [9.17, 15) is 0 Å². The number of anilines is 2. The van der Waals surface area contributed by atoms with Gasteiger partial charge in [0.2, 0.25) is 0 Å². The van der Waals surface area contributed by atoms with Crippen LogP contribution in [0.2, 0.25) is 0 Å². The summed E-state index contributed by atoms with van der Waals surface area (Å²) in [7, 11) is 0. The van der Waals surface area contributed by atoms with E-state index in [-0.39, 0.29) is 21.7 Å². The second kappa shape index (κ2) is 14.7. The standard InChI is InChI=1S/C55H62N4O/c1-36-37(2)58(44-29-41(53(6,7)8)28-42(30-44)54(9,10)11)35-57(36)43-20-17-21-45(33-43)60-46-23-24-47-48-31-40(55(12,13)38-18-15-14-16-19-38)22-25-49(48)59(50(47)34-46)51-32-39(26-27-56-51)52(3,4)5/h14-34H,35H2,1-13H3. The van der Waals surface area contributed by atoms with Crippen molar-refractivity contribution in [2.45, 2.75) is 112 Å². The first-order valence-electron chi connectivity index (χ1n) is 21.5. The fourth-order valence-electron chi connectivity index (χ4n) is 8.51. The van der Waals surface area contributed by atoms with Gasteiger partial charge in [-0.25, -0.2) is 4.98 Å². The number of aromatic nitrogens is 2. The Morgan fingerprint density at radius 2 is 1.10 bits per heavy atom. The number of benzene rings is 5. The number of rotatable bonds is 7. The second-order valence-electron chi connectivity index (χ2n) is 20.4. The first-order valence-corrected chi connectivity index (χ1v) is 21.5. The van der Waals surface area contributed by atoms with Crippen molar-refractivity contribution in [3.63, 3.8) is 0 Å². The predicted octanol–water partition coefficient (Wildman–Crippen LogP) is 14.7. The molecular formula is C55H62N4O. The molecule has 0 bridgehead atoms. The third-order valence-electron chi connectivity index (χ3n) is 12.7. The highest BCUT2D eigenvalue weighted by Gasteiger charge is 2.30. The fraction of sp³-hybridized carbons (Fsp3) is 0.327. The quantitative estimate of drug-likeness (QED) is 0.161. The van der Waals surface area contributed by atoms with E-state index in [1.807, 2.05) is 6.20 Å². The van der Waals surface area contributed by atoms with Crippen LogP contribution in [0.15, 0.2) is 139 Å². The maximum absolute atomic E-state index is 6.78. The molecule has 0 atom stereocenters. The van der Waals surface area contributed by atoms with E-state index in [0.717, 1.165) is 40.7 Å². The molecule has 1 aliphatic rings. The molecule has 1 aliphatic heterocycles. The predicted molar refractivity (Wildman–Crippen MR) is 254 cm³/mol. The monoisotopic (exact) mass is 794 g/mol. The van der Waals surface area contributed by atoms with Gasteiger partial charge in [-0.15, -0.1) is 0 Å². The molecule has 0 unspecified atom stereocenters. The van der Waals surface area contributed by atoms with E-state index < -0.39 is 0 Å². The molecular weight excluding hydrogens is 733 g/mol. The highest BCUT2D eigenvalue weighted by molar-refractivity contribution is 6.10. The van der Waals surface area contributed by atoms with Crippen molar-refractivity contribution in [2.24, 2.45) is 0 Å². The minimum atomic E-state index is -0.174. The van der Waals surface area contributed by atoms with E-state index in [1.54, 1.807) is 0 Å². The number of ether oxygens (including phenoxy) is 1. The van der Waals surface area contributed by atoms with Crippen LogP contribution in [0.1, 0.15) is 118 Å². The molecule has 5 nitrogen and oxygen atoms in total. The number of fused-ring (bicyclic) bond motifs is 3. The minimum Gasteiger partial charge on any atom is -0.457 e. The summed E-state index contributed by atoms with van der Waals surface area (Å²) < 4.78 is 9.08. The van der Waals surface area contributed by atoms with Crippen LogP contribution >= 0.6 is 0 Å². The lowest BCUT2D eigenvalue weighted by atomic mass is 9.78. The van der Waals surface area contributed by atoms with Gasteiger partial charge in [0.1, 0.15) is 17.3 Å². The van der Waals surface area contributed by atoms with Crippen LogP contribution in [0.25, 0.3) is 27.6 Å². The van der Waals surface area contributed by atoms with E-state index in [0.29, 0.717) is 0 Å². The zero-order valence-electron chi connectivity index (χ0n) is 38.0. The third-order valence-corrected chi connectivity index (χ3v) is 12.7. The average Bonchev–Trinajstić information content (AvgIpc) is 3.69. The lowest BCUT2D eigenvalue weighted by Crippen LogP contribution is -2.28. The lowest BCUT2D eigenvalue weighted by Gasteiger charge is -2.30. The maximum Gasteiger partial charge on any atom is 0.137 e. The van der Waals surface area contributed by atoms with Crippen molar-refractivity contribution in [1.82, 2.24) is 9.55 Å². The zero-order valence-corrected chi connectivity index (χ0v) is 38.0. The van der Waals surface area contributed by atoms with Crippen LogP contribution in [0, 0.1) is 0 Å². The van der Waals surface area contributed by atoms with Gasteiger partial charge in [-0.1, -0.05) is 125 Å². The highest BCUT2D eigenvalue weighted by atomic mass is 16.5. The van der Waals surface area contributed by atoms with Crippen LogP contribution < -0.4 is 14.5 Å². The molecule has 0 amide bonds. The molecule has 5 aromatic carbocycles. The Hall–Kier alpha value is -5.81. The maximum atomic E-state index is 6.78. The van der Waals surface area contributed by atoms with Crippen LogP contribution in [-0.2, 0) is 21.7 Å². The molecule has 0 N–H and O–H groups in total. The minimum absolute atomic E-state index is 0.0209. The largest absolute Gasteiger partial charge is 0.457 e. The first kappa shape index (κ1) is 40.9. The van der Waals surface area contributed by atoms with Crippen molar-refractivity contribution in [1.29, 1.82) is 0 Å². The molecule has 0 spiro atoms. The fourth-order valence-corrected chi connectivity index (χ4v) is 8.51. The van der Waals surface area contributed by atoms with Gasteiger partial charge in [0.05, 0.1) is 17.7 Å². The highest BCUT2D eigenvalue weighted by Crippen LogP contribution is 2.42. The first-order chi connectivity index (χ1) is 28.2. The molecule has 0 saturated carbocycles. The van der Waals surface area contributed by atoms with E-state index in [1.165, 1.54) is 55.7 Å². The molecule has 3 heterocycles. The topological polar surface area (TPSA) is 33.5 Å². The van der Waals surface area contributed by atoms with E-state index in [2.05, 4.69) is 226 Å². The van der Waals surface area contributed by atoms with Gasteiger partial charge in [-0.3, -0.25) is 4.57 Å². The van der Waals surface area contributed by atoms with Crippen molar-refractivity contribution >= 4 is 33.2 Å². The van der Waals surface area contributed by atoms with Gasteiger partial charge in [0.15, 0.2) is 0 Å². The molecule has 0 radical (unpaired) electrons. The lowest BCUT2D eigenvalue weighted by molar-refractivity contribution is 0.483. The summed E-state index contributed by atoms with van der Waals surface area (Å²) >= 11 is 0. The number of hydrogen-bond acceptors (Lipinski definition) is 4. The summed E-state index contributed by atoms with van der Waals surface area (Å²) in [6.07, 6.45) is 1.94. The van der Waals surface area contributed by atoms with Crippen molar-refractivity contribution in [3.05, 3.63) is 167 Å². The van der Waals surface area contributed by atoms with Gasteiger partial charge in [-0.05, 0) is 119 Å². The Labute approximate surface area is 358 Å². The Bertz CT molecular complexity index is 2730. The molecule has 0 aliphatic carbocycles. The molecule has 308 valence electrons. The van der Waals surface area contributed by atoms with Crippen LogP contribution in [0.5, 0.6) is 11.5 Å². The van der Waals surface area contributed by atoms with Gasteiger partial charge in [-0.2, -0.15) is 0 Å². The Morgan fingerprint density at radius 1 is 0.467 bits per heavy atom. The van der Waals surface area contributed by atoms with Crippen LogP contribution in [-0.4, -0.2) is 16.2 Å². The van der Waals surface area contributed by atoms with Gasteiger partial charge >= 0.3 is 0 Å². The summed E-state index contributed by atoms with van der Waals surface area (Å²) in [4.78, 5) is 9.82. The third kappa shape index (κ3) is 7.59. The van der Waals surface area contributed by atoms with Crippen LogP contribution in [0.3, 0.4) is 0 Å². The summed E-state index contributed by atoms with van der Waals surface area (Å²) in [5.74, 6) is 2.47. The number of pyridine rings is 1. The zero-order chi connectivity index (χ0) is 42.9. The summed E-state index contributed by atoms with van der Waals surface area (Å²) in [6, 6.07) is 44.2. The normalized spacial score (nSPS) is 14.2. The molecule has 8 rings (SSSR count). The summed E-state index contributed by atoms with van der Waals surface area (Å²) in [6.45, 7) is 30.4. The average molecular weight is 795 g/mol. The van der Waals surface area contributed by atoms with E-state index >= 15 is 0 Å². The summed E-state index contributed by atoms with van der Waals surface area (Å²) in [5, 5.41) is 2.36. The molecule has 2 aromatic heterocycles. The summed E-state index contributed by atoms with van der Waals surface area (Å²) in [5.41, 5.74) is 13.4. The van der Waals surface area contributed by atoms with Gasteiger partial charge in [0, 0.05) is 57.3 Å². The SMILES string of the molecule is CC1=C(C)N(c2cc(C(C)(C)C)cc(C(C)(C)C)c2)CN1c1cccc(Oc2ccc3c4cc(C(C)(C)c5ccccc5)ccc4n(-c4cc(C(C)(C)C)ccn4)c3c2)c1.